The number of nitrogens with one attached hydrogen (secondary N) is 1. The van der Waals surface area contributed by atoms with E-state index in [1.807, 2.05) is 0 Å². The van der Waals surface area contributed by atoms with Crippen LogP contribution in [0.15, 0.2) is 30.5 Å². The van der Waals surface area contributed by atoms with Crippen molar-refractivity contribution in [2.45, 2.75) is 38.9 Å². The van der Waals surface area contributed by atoms with Gasteiger partial charge >= 0.3 is 12.2 Å². The first-order valence-corrected chi connectivity index (χ1v) is 9.34. The van der Waals surface area contributed by atoms with Crippen molar-refractivity contribution in [3.05, 3.63) is 36.3 Å². The van der Waals surface area contributed by atoms with E-state index in [1.54, 1.807) is 44.0 Å². The fraction of sp³-hybridized carbons (Fsp3) is 0.450. The number of ketones is 1. The van der Waals surface area contributed by atoms with Gasteiger partial charge in [0.1, 0.15) is 17.5 Å². The molecular formula is C20H24FN3O5. The van der Waals surface area contributed by atoms with Crippen LogP contribution in [-0.4, -0.2) is 49.3 Å². The average Bonchev–Trinajstić information content (AvgIpc) is 3.00. The molecule has 9 heteroatoms. The lowest BCUT2D eigenvalue weighted by Gasteiger charge is -2.24. The van der Waals surface area contributed by atoms with E-state index in [4.69, 9.17) is 9.47 Å². The van der Waals surface area contributed by atoms with Gasteiger partial charge < -0.3 is 19.7 Å². The second-order valence-electron chi connectivity index (χ2n) is 7.86. The Balaban J connectivity index is 1.61. The number of anilines is 2. The maximum Gasteiger partial charge on any atom is 0.414 e. The fourth-order valence-corrected chi connectivity index (χ4v) is 3.01. The third kappa shape index (κ3) is 5.24. The molecule has 0 aliphatic carbocycles. The number of carbonyl (C=O) groups is 3. The molecule has 1 aromatic rings. The van der Waals surface area contributed by atoms with Gasteiger partial charge in [-0.25, -0.2) is 14.0 Å². The number of allylic oxidation sites excluding steroid dienone is 1. The lowest BCUT2D eigenvalue weighted by atomic mass is 10.1. The number of hydrogen-bond acceptors (Lipinski definition) is 6. The Morgan fingerprint density at radius 2 is 2.10 bits per heavy atom. The molecule has 0 unspecified atom stereocenters. The van der Waals surface area contributed by atoms with Crippen molar-refractivity contribution in [1.82, 2.24) is 5.32 Å². The molecule has 2 amide bonds. The Labute approximate surface area is 168 Å². The molecule has 1 atom stereocenters. The van der Waals surface area contributed by atoms with Gasteiger partial charge in [-0.2, -0.15) is 0 Å². The number of carbonyl (C=O) groups excluding carboxylic acids is 3. The Morgan fingerprint density at radius 1 is 1.34 bits per heavy atom. The van der Waals surface area contributed by atoms with Crippen LogP contribution in [0.25, 0.3) is 0 Å². The van der Waals surface area contributed by atoms with E-state index in [1.165, 1.54) is 17.0 Å². The van der Waals surface area contributed by atoms with Gasteiger partial charge in [0, 0.05) is 19.2 Å². The summed E-state index contributed by atoms with van der Waals surface area (Å²) in [5.41, 5.74) is 0.0553. The largest absolute Gasteiger partial charge is 0.444 e. The second kappa shape index (κ2) is 8.10. The summed E-state index contributed by atoms with van der Waals surface area (Å²) in [4.78, 5) is 38.1. The molecule has 3 rings (SSSR count). The minimum Gasteiger partial charge on any atom is -0.444 e. The number of rotatable bonds is 4. The van der Waals surface area contributed by atoms with Crippen molar-refractivity contribution < 1.29 is 28.2 Å². The highest BCUT2D eigenvalue weighted by molar-refractivity contribution is 5.92. The normalized spacial score (nSPS) is 19.4. The molecule has 0 radical (unpaired) electrons. The summed E-state index contributed by atoms with van der Waals surface area (Å²) >= 11 is 0. The van der Waals surface area contributed by atoms with Crippen LogP contribution in [0.1, 0.15) is 27.2 Å². The van der Waals surface area contributed by atoms with Crippen LogP contribution in [0, 0.1) is 5.82 Å². The van der Waals surface area contributed by atoms with Crippen LogP contribution >= 0.6 is 0 Å². The summed E-state index contributed by atoms with van der Waals surface area (Å²) < 4.78 is 25.0. The number of alkyl carbamates (subject to hydrolysis) is 1. The predicted molar refractivity (Wildman–Crippen MR) is 104 cm³/mol. The molecule has 1 N–H and O–H groups in total. The van der Waals surface area contributed by atoms with E-state index in [0.717, 1.165) is 0 Å². The van der Waals surface area contributed by atoms with Crippen LogP contribution in [-0.2, 0) is 14.3 Å². The van der Waals surface area contributed by atoms with Gasteiger partial charge in [-0.05, 0) is 45.0 Å². The molecular weight excluding hydrogens is 381 g/mol. The summed E-state index contributed by atoms with van der Waals surface area (Å²) in [6.07, 6.45) is 1.49. The Hall–Kier alpha value is -3.10. The van der Waals surface area contributed by atoms with E-state index in [9.17, 15) is 18.8 Å². The summed E-state index contributed by atoms with van der Waals surface area (Å²) in [5, 5.41) is 2.56. The van der Waals surface area contributed by atoms with Gasteiger partial charge in [-0.3, -0.25) is 9.69 Å². The van der Waals surface area contributed by atoms with E-state index in [0.29, 0.717) is 24.3 Å². The molecule has 8 nitrogen and oxygen atoms in total. The zero-order chi connectivity index (χ0) is 21.2. The molecule has 29 heavy (non-hydrogen) atoms. The molecule has 0 bridgehead atoms. The third-order valence-electron chi connectivity index (χ3n) is 4.34. The van der Waals surface area contributed by atoms with Crippen molar-refractivity contribution in [1.29, 1.82) is 0 Å². The number of hydrogen-bond donors (Lipinski definition) is 1. The van der Waals surface area contributed by atoms with Crippen LogP contribution in [0.3, 0.4) is 0 Å². The number of nitrogens with zero attached hydrogens (tertiary/aromatic N) is 2. The van der Waals surface area contributed by atoms with Crippen molar-refractivity contribution in [3.63, 3.8) is 0 Å². The maximum atomic E-state index is 14.6. The van der Waals surface area contributed by atoms with Gasteiger partial charge in [0.25, 0.3) is 0 Å². The number of cyclic esters (lactones) is 1. The SMILES string of the molecule is CC(C)(C)OC(=O)NC[C@H]1CN(c2ccc(N3C=CC(=O)CC3)c(F)c2)C(=O)O1. The number of benzene rings is 1. The van der Waals surface area contributed by atoms with E-state index in [2.05, 4.69) is 5.32 Å². The summed E-state index contributed by atoms with van der Waals surface area (Å²) in [6, 6.07) is 4.43. The van der Waals surface area contributed by atoms with Gasteiger partial charge in [-0.1, -0.05) is 0 Å². The number of ether oxygens (including phenoxy) is 2. The first kappa shape index (κ1) is 20.6. The summed E-state index contributed by atoms with van der Waals surface area (Å²) in [6.45, 7) is 5.91. The monoisotopic (exact) mass is 405 g/mol. The highest BCUT2D eigenvalue weighted by Gasteiger charge is 2.33. The molecule has 0 aromatic heterocycles. The van der Waals surface area contributed by atoms with Gasteiger partial charge in [0.2, 0.25) is 0 Å². The molecule has 2 heterocycles. The van der Waals surface area contributed by atoms with Gasteiger partial charge in [0.15, 0.2) is 5.78 Å². The predicted octanol–water partition coefficient (Wildman–Crippen LogP) is 2.97. The fourth-order valence-electron chi connectivity index (χ4n) is 3.01. The Bertz CT molecular complexity index is 849. The third-order valence-corrected chi connectivity index (χ3v) is 4.34. The molecule has 1 aromatic carbocycles. The Morgan fingerprint density at radius 3 is 2.72 bits per heavy atom. The Kier molecular flexibility index (Phi) is 5.76. The lowest BCUT2D eigenvalue weighted by Crippen LogP contribution is -2.38. The van der Waals surface area contributed by atoms with E-state index in [-0.39, 0.29) is 18.9 Å². The van der Waals surface area contributed by atoms with Crippen molar-refractivity contribution in [2.24, 2.45) is 0 Å². The van der Waals surface area contributed by atoms with Crippen LogP contribution < -0.4 is 15.1 Å². The summed E-state index contributed by atoms with van der Waals surface area (Å²) in [5.74, 6) is -0.506. The summed E-state index contributed by atoms with van der Waals surface area (Å²) in [7, 11) is 0. The molecule has 1 saturated heterocycles. The van der Waals surface area contributed by atoms with Crippen LogP contribution in [0.4, 0.5) is 25.4 Å². The van der Waals surface area contributed by atoms with E-state index >= 15 is 0 Å². The average molecular weight is 405 g/mol. The number of halogens is 1. The standard InChI is InChI=1S/C20H24FN3O5/c1-20(2,3)29-18(26)22-11-15-12-24(19(27)28-15)13-4-5-17(16(21)10-13)23-8-6-14(25)7-9-23/h4-6,8,10,15H,7,9,11-12H2,1-3H3,(H,22,26)/t15-/m0/s1. The van der Waals surface area contributed by atoms with Crippen molar-refractivity contribution in [2.75, 3.05) is 29.4 Å². The lowest BCUT2D eigenvalue weighted by molar-refractivity contribution is -0.114. The molecule has 2 aliphatic rings. The van der Waals surface area contributed by atoms with Crippen molar-refractivity contribution >= 4 is 29.3 Å². The number of amides is 2. The zero-order valence-electron chi connectivity index (χ0n) is 16.6. The molecule has 2 aliphatic heterocycles. The highest BCUT2D eigenvalue weighted by atomic mass is 19.1. The molecule has 0 spiro atoms. The van der Waals surface area contributed by atoms with Gasteiger partial charge in [-0.15, -0.1) is 0 Å². The zero-order valence-corrected chi connectivity index (χ0v) is 16.6. The molecule has 1 fully saturated rings. The van der Waals surface area contributed by atoms with E-state index < -0.39 is 29.7 Å². The minimum absolute atomic E-state index is 0.00382. The topological polar surface area (TPSA) is 88.2 Å². The minimum atomic E-state index is -0.626. The van der Waals surface area contributed by atoms with Crippen LogP contribution in [0.2, 0.25) is 0 Å². The first-order chi connectivity index (χ1) is 13.6. The molecule has 156 valence electrons. The molecule has 0 saturated carbocycles. The quantitative estimate of drug-likeness (QED) is 0.829. The van der Waals surface area contributed by atoms with Crippen molar-refractivity contribution in [3.8, 4) is 0 Å². The smallest absolute Gasteiger partial charge is 0.414 e. The second-order valence-corrected chi connectivity index (χ2v) is 7.86. The maximum absolute atomic E-state index is 14.6. The van der Waals surface area contributed by atoms with Gasteiger partial charge in [0.05, 0.1) is 24.5 Å². The highest BCUT2D eigenvalue weighted by Crippen LogP contribution is 2.29. The first-order valence-electron chi connectivity index (χ1n) is 9.34. The van der Waals surface area contributed by atoms with Crippen LogP contribution in [0.5, 0.6) is 0 Å².